The maximum Gasteiger partial charge on any atom is 0.323 e. The minimum Gasteiger partial charge on any atom is -0.507 e. The van der Waals surface area contributed by atoms with Crippen LogP contribution in [0.4, 0.5) is 16.2 Å². The van der Waals surface area contributed by atoms with Gasteiger partial charge in [0.15, 0.2) is 0 Å². The number of phenols is 2. The largest absolute Gasteiger partial charge is 0.507 e. The number of sulfonamides is 2. The lowest BCUT2D eigenvalue weighted by molar-refractivity contribution is 0.262. The van der Waals surface area contributed by atoms with Gasteiger partial charge in [0.1, 0.15) is 11.5 Å². The van der Waals surface area contributed by atoms with Crippen LogP contribution in [-0.2, 0) is 20.0 Å². The summed E-state index contributed by atoms with van der Waals surface area (Å²) in [6.07, 6.45) is 0. The van der Waals surface area contributed by atoms with Crippen LogP contribution >= 0.6 is 0 Å². The molecule has 0 fully saturated rings. The molecule has 8 N–H and O–H groups in total. The molecule has 4 rings (SSSR count). The van der Waals surface area contributed by atoms with Crippen molar-refractivity contribution in [1.82, 2.24) is 0 Å². The molecule has 0 saturated carbocycles. The fraction of sp³-hybridized carbons (Fsp3) is 0. The van der Waals surface area contributed by atoms with E-state index >= 15 is 0 Å². The number of fused-ring (bicyclic) bond motifs is 2. The normalized spacial score (nSPS) is 12.1. The molecule has 34 heavy (non-hydrogen) atoms. The van der Waals surface area contributed by atoms with Crippen molar-refractivity contribution in [1.29, 1.82) is 0 Å². The van der Waals surface area contributed by atoms with Gasteiger partial charge in [0.2, 0.25) is 20.0 Å². The number of urea groups is 1. The van der Waals surface area contributed by atoms with E-state index in [0.717, 1.165) is 12.1 Å². The van der Waals surface area contributed by atoms with Crippen molar-refractivity contribution in [3.8, 4) is 11.5 Å². The van der Waals surface area contributed by atoms with Gasteiger partial charge in [0.05, 0.1) is 9.79 Å². The van der Waals surface area contributed by atoms with Gasteiger partial charge in [-0.3, -0.25) is 0 Å². The quantitative estimate of drug-likeness (QED) is 0.246. The molecular formula is C21H18N4O7S2. The Kier molecular flexibility index (Phi) is 5.57. The van der Waals surface area contributed by atoms with Crippen LogP contribution in [0.15, 0.2) is 70.5 Å². The van der Waals surface area contributed by atoms with Crippen LogP contribution in [-0.4, -0.2) is 33.1 Å². The summed E-state index contributed by atoms with van der Waals surface area (Å²) in [6.45, 7) is 0. The number of aromatic hydroxyl groups is 2. The number of nitrogens with one attached hydrogen (secondary N) is 2. The number of phenolic OH excluding ortho intramolecular Hbond substituents is 2. The first-order valence-electron chi connectivity index (χ1n) is 9.48. The minimum atomic E-state index is -4.05. The van der Waals surface area contributed by atoms with Gasteiger partial charge in [-0.25, -0.2) is 31.9 Å². The predicted molar refractivity (Wildman–Crippen MR) is 127 cm³/mol. The second-order valence-corrected chi connectivity index (χ2v) is 10.5. The third-order valence-corrected chi connectivity index (χ3v) is 6.77. The van der Waals surface area contributed by atoms with Gasteiger partial charge < -0.3 is 20.8 Å². The predicted octanol–water partition coefficient (Wildman–Crippen LogP) is 2.34. The molecule has 2 amide bonds. The lowest BCUT2D eigenvalue weighted by atomic mass is 10.1. The third kappa shape index (κ3) is 4.72. The van der Waals surface area contributed by atoms with Crippen LogP contribution in [0.2, 0.25) is 0 Å². The van der Waals surface area contributed by atoms with Crippen molar-refractivity contribution in [3.05, 3.63) is 60.7 Å². The monoisotopic (exact) mass is 502 g/mol. The number of hydrogen-bond donors (Lipinski definition) is 6. The van der Waals surface area contributed by atoms with Gasteiger partial charge in [0.25, 0.3) is 0 Å². The Labute approximate surface area is 193 Å². The average molecular weight is 503 g/mol. The Morgan fingerprint density at radius 2 is 1.03 bits per heavy atom. The molecule has 4 aromatic carbocycles. The Morgan fingerprint density at radius 3 is 1.38 bits per heavy atom. The van der Waals surface area contributed by atoms with Crippen molar-refractivity contribution >= 4 is 59.0 Å². The number of hydrogen-bond acceptors (Lipinski definition) is 7. The Morgan fingerprint density at radius 1 is 0.647 bits per heavy atom. The van der Waals surface area contributed by atoms with E-state index < -0.39 is 26.1 Å². The smallest absolute Gasteiger partial charge is 0.323 e. The van der Waals surface area contributed by atoms with Crippen molar-refractivity contribution < 1.29 is 31.8 Å². The molecule has 0 aromatic heterocycles. The zero-order valence-corrected chi connectivity index (χ0v) is 18.8. The Hall–Kier alpha value is -3.91. The molecule has 0 aliphatic rings. The summed E-state index contributed by atoms with van der Waals surface area (Å²) >= 11 is 0. The number of anilines is 2. The van der Waals surface area contributed by atoms with E-state index in [0.29, 0.717) is 32.9 Å². The number of nitrogens with two attached hydrogens (primary N) is 2. The summed E-state index contributed by atoms with van der Waals surface area (Å²) in [4.78, 5) is 11.9. The molecule has 13 heteroatoms. The molecule has 0 bridgehead atoms. The van der Waals surface area contributed by atoms with Crippen molar-refractivity contribution in [2.24, 2.45) is 10.3 Å². The van der Waals surface area contributed by atoms with E-state index in [1.807, 2.05) is 0 Å². The van der Waals surface area contributed by atoms with Gasteiger partial charge >= 0.3 is 6.03 Å². The van der Waals surface area contributed by atoms with Crippen molar-refractivity contribution in [2.45, 2.75) is 9.79 Å². The van der Waals surface area contributed by atoms with Crippen LogP contribution in [0, 0.1) is 0 Å². The molecule has 0 radical (unpaired) electrons. The second kappa shape index (κ2) is 8.14. The van der Waals surface area contributed by atoms with Crippen LogP contribution in [0.5, 0.6) is 11.5 Å². The summed E-state index contributed by atoms with van der Waals surface area (Å²) in [5.74, 6) is -0.563. The maximum absolute atomic E-state index is 12.5. The topological polar surface area (TPSA) is 202 Å². The first-order valence-corrected chi connectivity index (χ1v) is 12.6. The van der Waals surface area contributed by atoms with E-state index in [9.17, 15) is 31.8 Å². The van der Waals surface area contributed by atoms with Gasteiger partial charge in [-0.2, -0.15) is 0 Å². The van der Waals surface area contributed by atoms with Gasteiger partial charge in [-0.05, 0) is 59.3 Å². The number of primary sulfonamides is 2. The molecule has 0 spiro atoms. The summed E-state index contributed by atoms with van der Waals surface area (Å²) in [5.41, 5.74) is 0.594. The highest BCUT2D eigenvalue weighted by molar-refractivity contribution is 7.89. The molecule has 176 valence electrons. The van der Waals surface area contributed by atoms with Crippen LogP contribution in [0.25, 0.3) is 21.5 Å². The lowest BCUT2D eigenvalue weighted by Gasteiger charge is -2.11. The van der Waals surface area contributed by atoms with Crippen molar-refractivity contribution in [3.63, 3.8) is 0 Å². The zero-order chi connectivity index (χ0) is 24.8. The van der Waals surface area contributed by atoms with Gasteiger partial charge in [-0.15, -0.1) is 0 Å². The molecule has 0 unspecified atom stereocenters. The van der Waals surface area contributed by atoms with E-state index in [1.54, 1.807) is 0 Å². The third-order valence-electron chi connectivity index (χ3n) is 4.98. The number of carbonyl (C=O) groups is 1. The fourth-order valence-corrected chi connectivity index (χ4v) is 4.56. The summed E-state index contributed by atoms with van der Waals surface area (Å²) < 4.78 is 46.5. The fourth-order valence-electron chi connectivity index (χ4n) is 3.42. The molecular weight excluding hydrogens is 484 g/mol. The Balaban J connectivity index is 1.61. The lowest BCUT2D eigenvalue weighted by Crippen LogP contribution is -2.19. The average Bonchev–Trinajstić information content (AvgIpc) is 2.71. The molecule has 11 nitrogen and oxygen atoms in total. The zero-order valence-electron chi connectivity index (χ0n) is 17.2. The number of amides is 2. The minimum absolute atomic E-state index is 0.280. The number of rotatable bonds is 4. The second-order valence-electron chi connectivity index (χ2n) is 7.43. The standard InChI is InChI=1S/C21H18N4O7S2/c22-33(29,30)15-7-11-5-13(1-3-17(11)19(26)9-15)24-21(28)25-14-2-4-18-12(6-14)8-16(10-20(18)27)34(23,31)32/h1-10,26-27H,(H2,22,29,30)(H2,23,31,32)(H2,24,25,28). The SMILES string of the molecule is NS(=O)(=O)c1cc(O)c2ccc(NC(=O)Nc3ccc4c(O)cc(S(N)(=O)=O)cc4c3)cc2c1. The highest BCUT2D eigenvalue weighted by Crippen LogP contribution is 2.32. The summed E-state index contributed by atoms with van der Waals surface area (Å²) in [6, 6.07) is 12.9. The summed E-state index contributed by atoms with van der Waals surface area (Å²) in [7, 11) is -8.10. The van der Waals surface area contributed by atoms with E-state index in [-0.39, 0.29) is 21.3 Å². The maximum atomic E-state index is 12.5. The Bertz CT molecular complexity index is 1580. The molecule has 0 heterocycles. The van der Waals surface area contributed by atoms with Crippen LogP contribution in [0.3, 0.4) is 0 Å². The molecule has 0 aliphatic heterocycles. The molecule has 4 aromatic rings. The van der Waals surface area contributed by atoms with E-state index in [4.69, 9.17) is 10.3 Å². The van der Waals surface area contributed by atoms with Crippen molar-refractivity contribution in [2.75, 3.05) is 10.6 Å². The number of carbonyl (C=O) groups excluding carboxylic acids is 1. The van der Waals surface area contributed by atoms with Crippen LogP contribution in [0.1, 0.15) is 0 Å². The van der Waals surface area contributed by atoms with Crippen LogP contribution < -0.4 is 20.9 Å². The van der Waals surface area contributed by atoms with E-state index in [2.05, 4.69) is 10.6 Å². The molecule has 0 atom stereocenters. The molecule has 0 aliphatic carbocycles. The highest BCUT2D eigenvalue weighted by atomic mass is 32.2. The summed E-state index contributed by atoms with van der Waals surface area (Å²) in [5, 5.41) is 36.9. The van der Waals surface area contributed by atoms with E-state index in [1.165, 1.54) is 48.5 Å². The van der Waals surface area contributed by atoms with Gasteiger partial charge in [-0.1, -0.05) is 0 Å². The first-order chi connectivity index (χ1) is 15.8. The highest BCUT2D eigenvalue weighted by Gasteiger charge is 2.14. The number of benzene rings is 4. The molecule has 0 saturated heterocycles. The van der Waals surface area contributed by atoms with Gasteiger partial charge in [0, 0.05) is 34.3 Å². The first kappa shape index (κ1) is 23.3.